The Morgan fingerprint density at radius 1 is 0.744 bits per heavy atom. The third-order valence-electron chi connectivity index (χ3n) is 7.56. The van der Waals surface area contributed by atoms with Crippen molar-refractivity contribution in [1.82, 2.24) is 9.80 Å². The van der Waals surface area contributed by atoms with Gasteiger partial charge < -0.3 is 4.74 Å². The summed E-state index contributed by atoms with van der Waals surface area (Å²) in [4.78, 5) is 25.2. The molecule has 0 N–H and O–H groups in total. The van der Waals surface area contributed by atoms with E-state index >= 15 is 0 Å². The predicted octanol–water partition coefficient (Wildman–Crippen LogP) is 5.53. The molecular weight excluding hydrogens is 484 g/mol. The molecule has 4 aromatic rings. The van der Waals surface area contributed by atoms with Gasteiger partial charge in [0.2, 0.25) is 0 Å². The number of anilines is 1. The average Bonchev–Trinajstić information content (AvgIpc) is 3.25. The second kappa shape index (κ2) is 11.2. The third-order valence-corrected chi connectivity index (χ3v) is 7.56. The van der Waals surface area contributed by atoms with Crippen LogP contribution in [-0.4, -0.2) is 61.4 Å². The lowest BCUT2D eigenvalue weighted by Crippen LogP contribution is -2.51. The molecule has 6 heteroatoms. The van der Waals surface area contributed by atoms with Crippen LogP contribution in [0.2, 0.25) is 0 Å². The van der Waals surface area contributed by atoms with Gasteiger partial charge in [0.05, 0.1) is 31.2 Å². The standard InChI is InChI=1S/C33H32N4O2/c1-39-28-18-16-27(17-19-28)34-31-29-14-8-9-15-30(29)37(33(31)38)24-35-20-22-36(23-21-35)32(25-10-4-2-5-11-25)26-12-6-3-7-13-26/h2-19,32H,20-24H2,1H3. The molecule has 39 heavy (non-hydrogen) atoms. The number of para-hydroxylation sites is 1. The zero-order chi connectivity index (χ0) is 26.6. The quantitative estimate of drug-likeness (QED) is 0.324. The van der Waals surface area contributed by atoms with Crippen LogP contribution in [0.15, 0.2) is 114 Å². The Labute approximate surface area is 229 Å². The molecule has 0 atom stereocenters. The molecule has 4 aromatic carbocycles. The molecule has 1 saturated heterocycles. The van der Waals surface area contributed by atoms with E-state index in [4.69, 9.17) is 9.73 Å². The number of rotatable bonds is 7. The van der Waals surface area contributed by atoms with E-state index in [1.165, 1.54) is 11.1 Å². The van der Waals surface area contributed by atoms with Gasteiger partial charge in [0, 0.05) is 31.7 Å². The highest BCUT2D eigenvalue weighted by atomic mass is 16.5. The van der Waals surface area contributed by atoms with Crippen LogP contribution in [-0.2, 0) is 4.79 Å². The monoisotopic (exact) mass is 516 g/mol. The summed E-state index contributed by atoms with van der Waals surface area (Å²) in [5.74, 6) is 0.709. The highest BCUT2D eigenvalue weighted by Gasteiger charge is 2.36. The number of nitrogens with zero attached hydrogens (tertiary/aromatic N) is 4. The van der Waals surface area contributed by atoms with Crippen molar-refractivity contribution in [3.8, 4) is 5.75 Å². The van der Waals surface area contributed by atoms with Crippen LogP contribution >= 0.6 is 0 Å². The Balaban J connectivity index is 1.18. The SMILES string of the molecule is COc1ccc(N=C2C(=O)N(CN3CCN(C(c4ccccc4)c4ccccc4)CC3)c3ccccc32)cc1. The minimum Gasteiger partial charge on any atom is -0.497 e. The van der Waals surface area contributed by atoms with Gasteiger partial charge in [-0.25, -0.2) is 4.99 Å². The van der Waals surface area contributed by atoms with E-state index < -0.39 is 0 Å². The maximum atomic E-state index is 13.6. The summed E-state index contributed by atoms with van der Waals surface area (Å²) >= 11 is 0. The van der Waals surface area contributed by atoms with Crippen LogP contribution in [0.25, 0.3) is 0 Å². The summed E-state index contributed by atoms with van der Waals surface area (Å²) in [5.41, 5.74) is 5.63. The Hall–Kier alpha value is -4.26. The number of methoxy groups -OCH3 is 1. The summed E-state index contributed by atoms with van der Waals surface area (Å²) in [6.07, 6.45) is 0. The van der Waals surface area contributed by atoms with Crippen LogP contribution in [0.3, 0.4) is 0 Å². The zero-order valence-electron chi connectivity index (χ0n) is 22.1. The lowest BCUT2D eigenvalue weighted by atomic mass is 9.96. The Morgan fingerprint density at radius 3 is 1.95 bits per heavy atom. The van der Waals surface area contributed by atoms with E-state index in [1.807, 2.05) is 53.4 Å². The zero-order valence-corrected chi connectivity index (χ0v) is 22.1. The number of fused-ring (bicyclic) bond motifs is 1. The molecule has 0 saturated carbocycles. The van der Waals surface area contributed by atoms with Gasteiger partial charge in [-0.15, -0.1) is 0 Å². The first-order valence-corrected chi connectivity index (χ1v) is 13.4. The van der Waals surface area contributed by atoms with Crippen LogP contribution in [0.4, 0.5) is 11.4 Å². The number of ether oxygens (including phenoxy) is 1. The van der Waals surface area contributed by atoms with Crippen molar-refractivity contribution >= 4 is 23.0 Å². The Morgan fingerprint density at radius 2 is 1.33 bits per heavy atom. The minimum atomic E-state index is -0.0547. The first kappa shape index (κ1) is 25.0. The van der Waals surface area contributed by atoms with Gasteiger partial charge in [0.25, 0.3) is 5.91 Å². The van der Waals surface area contributed by atoms with E-state index in [-0.39, 0.29) is 11.9 Å². The summed E-state index contributed by atoms with van der Waals surface area (Å²) < 4.78 is 5.26. The van der Waals surface area contributed by atoms with Gasteiger partial charge in [0.1, 0.15) is 11.5 Å². The Bertz CT molecular complexity index is 1410. The fraction of sp³-hybridized carbons (Fsp3) is 0.212. The summed E-state index contributed by atoms with van der Waals surface area (Å²) in [5, 5.41) is 0. The molecule has 6 nitrogen and oxygen atoms in total. The van der Waals surface area contributed by atoms with E-state index in [0.29, 0.717) is 12.4 Å². The summed E-state index contributed by atoms with van der Waals surface area (Å²) in [7, 11) is 1.64. The first-order valence-electron chi connectivity index (χ1n) is 13.4. The van der Waals surface area contributed by atoms with Crippen molar-refractivity contribution in [3.05, 3.63) is 126 Å². The smallest absolute Gasteiger partial charge is 0.278 e. The van der Waals surface area contributed by atoms with Crippen LogP contribution in [0.1, 0.15) is 22.7 Å². The van der Waals surface area contributed by atoms with Crippen molar-refractivity contribution in [2.45, 2.75) is 6.04 Å². The number of hydrogen-bond acceptors (Lipinski definition) is 5. The van der Waals surface area contributed by atoms with Crippen molar-refractivity contribution < 1.29 is 9.53 Å². The van der Waals surface area contributed by atoms with E-state index in [2.05, 4.69) is 70.5 Å². The number of piperazine rings is 1. The van der Waals surface area contributed by atoms with Gasteiger partial charge in [-0.2, -0.15) is 0 Å². The summed E-state index contributed by atoms with van der Waals surface area (Å²) in [6.45, 7) is 4.16. The fourth-order valence-corrected chi connectivity index (χ4v) is 5.54. The maximum Gasteiger partial charge on any atom is 0.278 e. The van der Waals surface area contributed by atoms with Crippen LogP contribution in [0, 0.1) is 0 Å². The molecule has 0 radical (unpaired) electrons. The number of amides is 1. The van der Waals surface area contributed by atoms with Crippen molar-refractivity contribution in [2.24, 2.45) is 4.99 Å². The molecule has 196 valence electrons. The van der Waals surface area contributed by atoms with E-state index in [1.54, 1.807) is 7.11 Å². The van der Waals surface area contributed by atoms with Crippen molar-refractivity contribution in [1.29, 1.82) is 0 Å². The molecule has 0 spiro atoms. The molecule has 0 bridgehead atoms. The normalized spacial score (nSPS) is 17.1. The summed E-state index contributed by atoms with van der Waals surface area (Å²) in [6, 6.07) is 37.1. The largest absolute Gasteiger partial charge is 0.497 e. The lowest BCUT2D eigenvalue weighted by molar-refractivity contribution is -0.112. The molecule has 0 aromatic heterocycles. The van der Waals surface area contributed by atoms with Gasteiger partial charge >= 0.3 is 0 Å². The second-order valence-electron chi connectivity index (χ2n) is 9.93. The predicted molar refractivity (Wildman–Crippen MR) is 156 cm³/mol. The molecule has 2 heterocycles. The molecule has 0 aliphatic carbocycles. The second-order valence-corrected chi connectivity index (χ2v) is 9.93. The van der Waals surface area contributed by atoms with Gasteiger partial charge in [-0.05, 0) is 41.5 Å². The number of carbonyl (C=O) groups excluding carboxylic acids is 1. The van der Waals surface area contributed by atoms with Gasteiger partial charge in [-0.3, -0.25) is 19.5 Å². The molecular formula is C33H32N4O2. The molecule has 0 unspecified atom stereocenters. The van der Waals surface area contributed by atoms with E-state index in [9.17, 15) is 4.79 Å². The molecule has 1 amide bonds. The Kier molecular flexibility index (Phi) is 7.21. The molecule has 2 aliphatic heterocycles. The van der Waals surface area contributed by atoms with Gasteiger partial charge in [0.15, 0.2) is 0 Å². The molecule has 1 fully saturated rings. The number of carbonyl (C=O) groups is 1. The number of benzene rings is 4. The minimum absolute atomic E-state index is 0.0547. The average molecular weight is 517 g/mol. The van der Waals surface area contributed by atoms with Crippen LogP contribution in [0.5, 0.6) is 5.75 Å². The maximum absolute atomic E-state index is 13.6. The molecule has 6 rings (SSSR count). The lowest BCUT2D eigenvalue weighted by Gasteiger charge is -2.40. The van der Waals surface area contributed by atoms with Crippen molar-refractivity contribution in [2.75, 3.05) is 44.9 Å². The number of aliphatic imine (C=N–C) groups is 1. The fourth-order valence-electron chi connectivity index (χ4n) is 5.54. The van der Waals surface area contributed by atoms with E-state index in [0.717, 1.165) is 48.9 Å². The van der Waals surface area contributed by atoms with Gasteiger partial charge in [-0.1, -0.05) is 78.9 Å². The van der Waals surface area contributed by atoms with Crippen LogP contribution < -0.4 is 9.64 Å². The highest BCUT2D eigenvalue weighted by Crippen LogP contribution is 2.33. The molecule has 2 aliphatic rings. The first-order chi connectivity index (χ1) is 19.2. The highest BCUT2D eigenvalue weighted by molar-refractivity contribution is 6.54. The van der Waals surface area contributed by atoms with Crippen molar-refractivity contribution in [3.63, 3.8) is 0 Å². The number of hydrogen-bond donors (Lipinski definition) is 0. The third kappa shape index (κ3) is 5.21. The topological polar surface area (TPSA) is 48.4 Å².